The van der Waals surface area contributed by atoms with Gasteiger partial charge in [0, 0.05) is 12.1 Å². The van der Waals surface area contributed by atoms with E-state index in [0.29, 0.717) is 17.8 Å². The molecule has 1 atom stereocenters. The molecule has 0 aromatic heterocycles. The Bertz CT molecular complexity index is 984. The van der Waals surface area contributed by atoms with Gasteiger partial charge in [-0.2, -0.15) is 0 Å². The van der Waals surface area contributed by atoms with Gasteiger partial charge in [0.15, 0.2) is 0 Å². The second-order valence-electron chi connectivity index (χ2n) is 7.78. The number of anilines is 1. The minimum absolute atomic E-state index is 0.0437. The van der Waals surface area contributed by atoms with Gasteiger partial charge in [0.05, 0.1) is 17.5 Å². The lowest BCUT2D eigenvalue weighted by Gasteiger charge is -2.23. The molecule has 0 aliphatic heterocycles. The summed E-state index contributed by atoms with van der Waals surface area (Å²) in [5, 5.41) is 3.14. The van der Waals surface area contributed by atoms with Crippen molar-refractivity contribution in [1.29, 1.82) is 0 Å². The molecular formula is C24H32N2O3S. The Kier molecular flexibility index (Phi) is 7.19. The van der Waals surface area contributed by atoms with Gasteiger partial charge in [-0.1, -0.05) is 25.1 Å². The van der Waals surface area contributed by atoms with E-state index < -0.39 is 10.0 Å². The summed E-state index contributed by atoms with van der Waals surface area (Å²) in [6.45, 7) is 5.86. The maximum atomic E-state index is 12.8. The topological polar surface area (TPSA) is 66.5 Å². The normalized spacial score (nSPS) is 14.6. The highest BCUT2D eigenvalue weighted by Gasteiger charge is 2.20. The van der Waals surface area contributed by atoms with E-state index >= 15 is 0 Å². The third-order valence-electron chi connectivity index (χ3n) is 5.89. The summed E-state index contributed by atoms with van der Waals surface area (Å²) in [5.74, 6) is -0.102. The number of carbonyl (C=O) groups excluding carboxylic acids is 1. The molecule has 2 aromatic rings. The van der Waals surface area contributed by atoms with E-state index in [2.05, 4.69) is 30.4 Å². The lowest BCUT2D eigenvalue weighted by atomic mass is 9.88. The molecular weight excluding hydrogens is 396 g/mol. The molecule has 0 heterocycles. The second-order valence-corrected chi connectivity index (χ2v) is 9.96. The molecule has 0 saturated heterocycles. The Labute approximate surface area is 180 Å². The highest BCUT2D eigenvalue weighted by Crippen LogP contribution is 2.26. The number of benzene rings is 2. The fourth-order valence-electron chi connectivity index (χ4n) is 4.11. The SMILES string of the molecule is CC[C@@H](NC(=O)c1ccc(N(CC)S(=O)(=O)CC)cc1)c1ccc2c(c1)CCCC2. The number of fused-ring (bicyclic) bond motifs is 1. The molecule has 1 N–H and O–H groups in total. The third-order valence-corrected chi connectivity index (χ3v) is 7.76. The standard InChI is InChI=1S/C24H32N2O3S/c1-4-23(21-12-11-18-9-7-8-10-20(18)17-21)25-24(27)19-13-15-22(16-14-19)26(5-2)30(28,29)6-3/h11-17,23H,4-10H2,1-3H3,(H,25,27)/t23-/m1/s1. The van der Waals surface area contributed by atoms with Crippen LogP contribution in [0.1, 0.15) is 73.1 Å². The first-order valence-electron chi connectivity index (χ1n) is 10.9. The fraction of sp³-hybridized carbons (Fsp3) is 0.458. The number of aryl methyl sites for hydroxylation is 2. The zero-order valence-corrected chi connectivity index (χ0v) is 19.0. The first-order valence-corrected chi connectivity index (χ1v) is 12.5. The van der Waals surface area contributed by atoms with Crippen molar-refractivity contribution < 1.29 is 13.2 Å². The van der Waals surface area contributed by atoms with Crippen molar-refractivity contribution in [3.05, 3.63) is 64.7 Å². The summed E-state index contributed by atoms with van der Waals surface area (Å²) in [7, 11) is -3.33. The molecule has 162 valence electrons. The molecule has 0 bridgehead atoms. The van der Waals surface area contributed by atoms with Gasteiger partial charge in [0.25, 0.3) is 5.91 Å². The largest absolute Gasteiger partial charge is 0.345 e. The first kappa shape index (κ1) is 22.3. The van der Waals surface area contributed by atoms with Crippen molar-refractivity contribution in [3.8, 4) is 0 Å². The van der Waals surface area contributed by atoms with E-state index in [-0.39, 0.29) is 17.7 Å². The van der Waals surface area contributed by atoms with E-state index in [9.17, 15) is 13.2 Å². The van der Waals surface area contributed by atoms with Crippen LogP contribution in [0, 0.1) is 0 Å². The van der Waals surface area contributed by atoms with Gasteiger partial charge < -0.3 is 5.32 Å². The summed E-state index contributed by atoms with van der Waals surface area (Å²) < 4.78 is 25.9. The van der Waals surface area contributed by atoms with Crippen LogP contribution < -0.4 is 9.62 Å². The van der Waals surface area contributed by atoms with Gasteiger partial charge in [-0.15, -0.1) is 0 Å². The summed E-state index contributed by atoms with van der Waals surface area (Å²) in [6.07, 6.45) is 5.55. The number of hydrogen-bond acceptors (Lipinski definition) is 3. The van der Waals surface area contributed by atoms with Gasteiger partial charge in [-0.25, -0.2) is 8.42 Å². The Morgan fingerprint density at radius 3 is 2.27 bits per heavy atom. The zero-order chi connectivity index (χ0) is 21.7. The molecule has 0 radical (unpaired) electrons. The highest BCUT2D eigenvalue weighted by atomic mass is 32.2. The minimum atomic E-state index is -3.33. The van der Waals surface area contributed by atoms with Gasteiger partial charge in [0.2, 0.25) is 10.0 Å². The Morgan fingerprint density at radius 1 is 1.00 bits per heavy atom. The number of hydrogen-bond donors (Lipinski definition) is 1. The number of carbonyl (C=O) groups is 1. The van der Waals surface area contributed by atoms with Gasteiger partial charge in [-0.3, -0.25) is 9.10 Å². The van der Waals surface area contributed by atoms with Crippen molar-refractivity contribution in [2.45, 2.75) is 58.9 Å². The Hall–Kier alpha value is -2.34. The average Bonchev–Trinajstić information content (AvgIpc) is 2.77. The highest BCUT2D eigenvalue weighted by molar-refractivity contribution is 7.92. The van der Waals surface area contributed by atoms with Crippen LogP contribution in [0.5, 0.6) is 0 Å². The molecule has 5 nitrogen and oxygen atoms in total. The maximum absolute atomic E-state index is 12.8. The molecule has 0 spiro atoms. The van der Waals surface area contributed by atoms with Crippen molar-refractivity contribution in [1.82, 2.24) is 5.32 Å². The van der Waals surface area contributed by atoms with Crippen LogP contribution in [0.2, 0.25) is 0 Å². The predicted molar refractivity (Wildman–Crippen MR) is 123 cm³/mol. The molecule has 1 aliphatic rings. The second kappa shape index (κ2) is 9.65. The molecule has 1 amide bonds. The predicted octanol–water partition coefficient (Wildman–Crippen LogP) is 4.62. The Morgan fingerprint density at radius 2 is 1.67 bits per heavy atom. The lowest BCUT2D eigenvalue weighted by molar-refractivity contribution is 0.0935. The number of rotatable bonds is 8. The van der Waals surface area contributed by atoms with Gasteiger partial charge in [-0.05, 0) is 86.9 Å². The van der Waals surface area contributed by atoms with Crippen LogP contribution in [0.4, 0.5) is 5.69 Å². The first-order chi connectivity index (χ1) is 14.4. The molecule has 30 heavy (non-hydrogen) atoms. The minimum Gasteiger partial charge on any atom is -0.345 e. The number of amides is 1. The molecule has 0 fully saturated rings. The van der Waals surface area contributed by atoms with Crippen molar-refractivity contribution in [3.63, 3.8) is 0 Å². The molecule has 0 unspecified atom stereocenters. The number of sulfonamides is 1. The molecule has 2 aromatic carbocycles. The van der Waals surface area contributed by atoms with Crippen molar-refractivity contribution >= 4 is 21.6 Å². The lowest BCUT2D eigenvalue weighted by Crippen LogP contribution is -2.32. The summed E-state index contributed by atoms with van der Waals surface area (Å²) in [4.78, 5) is 12.8. The van der Waals surface area contributed by atoms with Crippen LogP contribution in [0.25, 0.3) is 0 Å². The fourth-order valence-corrected chi connectivity index (χ4v) is 5.26. The third kappa shape index (κ3) is 4.86. The number of nitrogens with one attached hydrogen (secondary N) is 1. The summed E-state index contributed by atoms with van der Waals surface area (Å²) in [5.41, 5.74) is 5.10. The van der Waals surface area contributed by atoms with E-state index in [1.807, 2.05) is 0 Å². The van der Waals surface area contributed by atoms with E-state index in [4.69, 9.17) is 0 Å². The monoisotopic (exact) mass is 428 g/mol. The summed E-state index contributed by atoms with van der Waals surface area (Å²) >= 11 is 0. The van der Waals surface area contributed by atoms with Crippen LogP contribution in [-0.4, -0.2) is 26.6 Å². The smallest absolute Gasteiger partial charge is 0.251 e. The molecule has 1 aliphatic carbocycles. The van der Waals surface area contributed by atoms with Crippen LogP contribution >= 0.6 is 0 Å². The molecule has 6 heteroatoms. The average molecular weight is 429 g/mol. The van der Waals surface area contributed by atoms with Crippen LogP contribution in [-0.2, 0) is 22.9 Å². The molecule has 3 rings (SSSR count). The quantitative estimate of drug-likeness (QED) is 0.667. The van der Waals surface area contributed by atoms with Crippen molar-refractivity contribution in [2.24, 2.45) is 0 Å². The van der Waals surface area contributed by atoms with E-state index in [1.165, 1.54) is 28.3 Å². The number of nitrogens with zero attached hydrogens (tertiary/aromatic N) is 1. The van der Waals surface area contributed by atoms with E-state index in [1.54, 1.807) is 38.1 Å². The Balaban J connectivity index is 1.74. The van der Waals surface area contributed by atoms with Gasteiger partial charge in [0.1, 0.15) is 0 Å². The van der Waals surface area contributed by atoms with Crippen LogP contribution in [0.15, 0.2) is 42.5 Å². The maximum Gasteiger partial charge on any atom is 0.251 e. The molecule has 0 saturated carbocycles. The van der Waals surface area contributed by atoms with Crippen molar-refractivity contribution in [2.75, 3.05) is 16.6 Å². The summed E-state index contributed by atoms with van der Waals surface area (Å²) in [6, 6.07) is 13.3. The zero-order valence-electron chi connectivity index (χ0n) is 18.1. The van der Waals surface area contributed by atoms with E-state index in [0.717, 1.165) is 24.8 Å². The van der Waals surface area contributed by atoms with Crippen LogP contribution in [0.3, 0.4) is 0 Å². The van der Waals surface area contributed by atoms with Gasteiger partial charge >= 0.3 is 0 Å².